The minimum Gasteiger partial charge on any atom is -0.422 e. The quantitative estimate of drug-likeness (QED) is 0.626. The van der Waals surface area contributed by atoms with E-state index in [1.165, 1.54) is 36.1 Å². The monoisotopic (exact) mass is 355 g/mol. The summed E-state index contributed by atoms with van der Waals surface area (Å²) in [5, 5.41) is 11.1. The molecule has 4 nitrogen and oxygen atoms in total. The molecule has 1 aromatic carbocycles. The molecule has 2 aliphatic rings. The molecule has 2 aliphatic heterocycles. The summed E-state index contributed by atoms with van der Waals surface area (Å²) in [6, 6.07) is 2.19. The molecule has 0 radical (unpaired) electrons. The molecule has 26 heavy (non-hydrogen) atoms. The van der Waals surface area contributed by atoms with Gasteiger partial charge in [0.1, 0.15) is 5.58 Å². The number of unbranched alkanes of at least 4 members (excludes halogenated alkanes) is 3. The van der Waals surface area contributed by atoms with Crippen molar-refractivity contribution in [3.05, 3.63) is 38.7 Å². The standard InChI is InChI=1S/C22H29NO3/c1-2-3-4-5-9-16-19(14-24)18-13-15-8-6-11-23-12-7-10-17(20(15)23)21(18)26-22(16)25/h13,24H,2-12,14H2,1H3. The first-order valence-electron chi connectivity index (χ1n) is 10.2. The molecule has 0 atom stereocenters. The topological polar surface area (TPSA) is 53.7 Å². The Morgan fingerprint density at radius 2 is 1.92 bits per heavy atom. The van der Waals surface area contributed by atoms with Gasteiger partial charge in [0.25, 0.3) is 0 Å². The van der Waals surface area contributed by atoms with Gasteiger partial charge in [0.2, 0.25) is 0 Å². The van der Waals surface area contributed by atoms with E-state index < -0.39 is 0 Å². The van der Waals surface area contributed by atoms with E-state index in [4.69, 9.17) is 4.42 Å². The molecule has 0 aliphatic carbocycles. The second-order valence-electron chi connectivity index (χ2n) is 7.75. The SMILES string of the molecule is CCCCCCc1c(CO)c2cc3c4c(c2oc1=O)CCCN4CCC3. The van der Waals surface area contributed by atoms with Crippen molar-refractivity contribution >= 4 is 16.7 Å². The van der Waals surface area contributed by atoms with Crippen LogP contribution in [-0.2, 0) is 25.9 Å². The molecule has 0 unspecified atom stereocenters. The largest absolute Gasteiger partial charge is 0.422 e. The van der Waals surface area contributed by atoms with Crippen LogP contribution in [0.3, 0.4) is 0 Å². The predicted molar refractivity (Wildman–Crippen MR) is 105 cm³/mol. The van der Waals surface area contributed by atoms with Crippen LogP contribution in [0.25, 0.3) is 11.0 Å². The van der Waals surface area contributed by atoms with E-state index in [0.717, 1.165) is 61.7 Å². The van der Waals surface area contributed by atoms with Crippen molar-refractivity contribution in [2.24, 2.45) is 0 Å². The molecule has 140 valence electrons. The average Bonchev–Trinajstić information content (AvgIpc) is 2.66. The summed E-state index contributed by atoms with van der Waals surface area (Å²) in [4.78, 5) is 15.2. The highest BCUT2D eigenvalue weighted by molar-refractivity contribution is 5.91. The van der Waals surface area contributed by atoms with E-state index in [-0.39, 0.29) is 12.2 Å². The molecule has 0 amide bonds. The fourth-order valence-corrected chi connectivity index (χ4v) is 4.77. The Morgan fingerprint density at radius 3 is 2.69 bits per heavy atom. The number of aliphatic hydroxyl groups is 1. The van der Waals surface area contributed by atoms with Gasteiger partial charge in [-0.15, -0.1) is 0 Å². The third-order valence-electron chi connectivity index (χ3n) is 6.04. The van der Waals surface area contributed by atoms with Gasteiger partial charge in [0.15, 0.2) is 0 Å². The molecule has 1 N–H and O–H groups in total. The van der Waals surface area contributed by atoms with Crippen molar-refractivity contribution in [2.45, 2.75) is 71.3 Å². The summed E-state index contributed by atoms with van der Waals surface area (Å²) in [6.45, 7) is 4.28. The summed E-state index contributed by atoms with van der Waals surface area (Å²) in [5.74, 6) is 0. The highest BCUT2D eigenvalue weighted by Crippen LogP contribution is 2.40. The van der Waals surface area contributed by atoms with Gasteiger partial charge in [-0.2, -0.15) is 0 Å². The lowest BCUT2D eigenvalue weighted by Gasteiger charge is -2.37. The number of hydrogen-bond donors (Lipinski definition) is 1. The number of benzene rings is 1. The maximum atomic E-state index is 12.7. The maximum Gasteiger partial charge on any atom is 0.339 e. The van der Waals surface area contributed by atoms with Crippen LogP contribution < -0.4 is 10.5 Å². The van der Waals surface area contributed by atoms with Gasteiger partial charge in [0.05, 0.1) is 6.61 Å². The van der Waals surface area contributed by atoms with Crippen LogP contribution >= 0.6 is 0 Å². The molecular weight excluding hydrogens is 326 g/mol. The smallest absolute Gasteiger partial charge is 0.339 e. The fraction of sp³-hybridized carbons (Fsp3) is 0.591. The van der Waals surface area contributed by atoms with Crippen LogP contribution in [0.5, 0.6) is 0 Å². The van der Waals surface area contributed by atoms with Gasteiger partial charge >= 0.3 is 5.63 Å². The number of aliphatic hydroxyl groups excluding tert-OH is 1. The van der Waals surface area contributed by atoms with Crippen molar-refractivity contribution in [3.8, 4) is 0 Å². The zero-order valence-electron chi connectivity index (χ0n) is 15.8. The number of anilines is 1. The van der Waals surface area contributed by atoms with Gasteiger partial charge < -0.3 is 14.4 Å². The highest BCUT2D eigenvalue weighted by atomic mass is 16.4. The minimum atomic E-state index is -0.248. The Bertz CT molecular complexity index is 866. The van der Waals surface area contributed by atoms with E-state index in [1.54, 1.807) is 0 Å². The van der Waals surface area contributed by atoms with Crippen LogP contribution in [0, 0.1) is 0 Å². The van der Waals surface area contributed by atoms with Crippen molar-refractivity contribution in [3.63, 3.8) is 0 Å². The molecule has 0 fully saturated rings. The van der Waals surface area contributed by atoms with Crippen molar-refractivity contribution in [1.29, 1.82) is 0 Å². The van der Waals surface area contributed by atoms with Crippen molar-refractivity contribution in [2.75, 3.05) is 18.0 Å². The third kappa shape index (κ3) is 2.94. The van der Waals surface area contributed by atoms with Crippen molar-refractivity contribution < 1.29 is 9.52 Å². The first-order valence-corrected chi connectivity index (χ1v) is 10.2. The van der Waals surface area contributed by atoms with Crippen LogP contribution in [0.15, 0.2) is 15.3 Å². The highest BCUT2D eigenvalue weighted by Gasteiger charge is 2.28. The summed E-state index contributed by atoms with van der Waals surface area (Å²) in [7, 11) is 0. The molecule has 0 saturated carbocycles. The van der Waals surface area contributed by atoms with Crippen LogP contribution in [0.4, 0.5) is 5.69 Å². The zero-order chi connectivity index (χ0) is 18.1. The molecule has 4 heteroatoms. The van der Waals surface area contributed by atoms with Gasteiger partial charge in [-0.3, -0.25) is 0 Å². The van der Waals surface area contributed by atoms with Crippen LogP contribution in [-0.4, -0.2) is 18.2 Å². The Balaban J connectivity index is 1.85. The Hall–Kier alpha value is -1.81. The third-order valence-corrected chi connectivity index (χ3v) is 6.04. The molecule has 1 aromatic heterocycles. The van der Waals surface area contributed by atoms with E-state index in [2.05, 4.69) is 17.9 Å². The van der Waals surface area contributed by atoms with E-state index >= 15 is 0 Å². The number of nitrogens with zero attached hydrogens (tertiary/aromatic N) is 1. The normalized spacial score (nSPS) is 16.2. The average molecular weight is 355 g/mol. The molecule has 3 heterocycles. The van der Waals surface area contributed by atoms with E-state index in [9.17, 15) is 9.90 Å². The molecule has 4 rings (SSSR count). The second kappa shape index (κ2) is 7.43. The number of aryl methyl sites for hydroxylation is 2. The van der Waals surface area contributed by atoms with Crippen LogP contribution in [0.1, 0.15) is 67.7 Å². The minimum absolute atomic E-state index is 0.0901. The lowest BCUT2D eigenvalue weighted by atomic mass is 9.88. The van der Waals surface area contributed by atoms with E-state index in [0.29, 0.717) is 12.0 Å². The summed E-state index contributed by atoms with van der Waals surface area (Å²) >= 11 is 0. The van der Waals surface area contributed by atoms with Gasteiger partial charge in [-0.25, -0.2) is 4.79 Å². The molecule has 0 spiro atoms. The number of fused-ring (bicyclic) bond motifs is 2. The van der Waals surface area contributed by atoms with Crippen LogP contribution in [0.2, 0.25) is 0 Å². The lowest BCUT2D eigenvalue weighted by Crippen LogP contribution is -2.34. The Labute approximate surface area is 154 Å². The lowest BCUT2D eigenvalue weighted by molar-refractivity contribution is 0.280. The van der Waals surface area contributed by atoms with Crippen molar-refractivity contribution in [1.82, 2.24) is 0 Å². The van der Waals surface area contributed by atoms with Gasteiger partial charge in [-0.1, -0.05) is 26.2 Å². The zero-order valence-corrected chi connectivity index (χ0v) is 15.8. The molecule has 0 saturated heterocycles. The summed E-state index contributed by atoms with van der Waals surface area (Å²) in [5.41, 5.74) is 5.81. The predicted octanol–water partition coefficient (Wildman–Crippen LogP) is 4.11. The summed E-state index contributed by atoms with van der Waals surface area (Å²) < 4.78 is 5.87. The number of rotatable bonds is 6. The second-order valence-corrected chi connectivity index (χ2v) is 7.75. The first kappa shape index (κ1) is 17.6. The fourth-order valence-electron chi connectivity index (χ4n) is 4.77. The molecule has 2 aromatic rings. The summed E-state index contributed by atoms with van der Waals surface area (Å²) in [6.07, 6.45) is 9.45. The van der Waals surface area contributed by atoms with Gasteiger partial charge in [0, 0.05) is 35.3 Å². The first-order chi connectivity index (χ1) is 12.7. The number of hydrogen-bond acceptors (Lipinski definition) is 4. The van der Waals surface area contributed by atoms with E-state index in [1.807, 2.05) is 0 Å². The maximum absolute atomic E-state index is 12.7. The Kier molecular flexibility index (Phi) is 5.03. The Morgan fingerprint density at radius 1 is 1.12 bits per heavy atom. The molecule has 0 bridgehead atoms. The van der Waals surface area contributed by atoms with Gasteiger partial charge in [-0.05, 0) is 55.7 Å². The molecular formula is C22H29NO3.